The first-order chi connectivity index (χ1) is 7.72. The van der Waals surface area contributed by atoms with Gasteiger partial charge in [0.15, 0.2) is 8.32 Å². The Morgan fingerprint density at radius 2 is 1.56 bits per heavy atom. The van der Waals surface area contributed by atoms with E-state index < -0.39 is 34.5 Å². The van der Waals surface area contributed by atoms with Gasteiger partial charge in [-0.25, -0.2) is 0 Å². The minimum absolute atomic E-state index is 0.203. The molecule has 110 valence electrons. The Bertz CT molecular complexity index is 274. The van der Waals surface area contributed by atoms with Crippen molar-refractivity contribution in [3.05, 3.63) is 0 Å². The highest BCUT2D eigenvalue weighted by atomic mass is 28.4. The molecule has 0 amide bonds. The van der Waals surface area contributed by atoms with Crippen LogP contribution < -0.4 is 0 Å². The third kappa shape index (κ3) is 5.86. The predicted molar refractivity (Wildman–Crippen MR) is 72.4 cm³/mol. The van der Waals surface area contributed by atoms with Crippen LogP contribution in [0, 0.1) is 0 Å². The van der Waals surface area contributed by atoms with Gasteiger partial charge in [0.25, 0.3) is 0 Å². The molecule has 2 atom stereocenters. The van der Waals surface area contributed by atoms with Gasteiger partial charge < -0.3 is 9.22 Å². The number of alkyl halides is 3. The largest absolute Gasteiger partial charge is 0.429 e. The van der Waals surface area contributed by atoms with E-state index in [1.54, 1.807) is 13.5 Å². The van der Waals surface area contributed by atoms with Crippen molar-refractivity contribution in [2.24, 2.45) is 0 Å². The van der Waals surface area contributed by atoms with E-state index in [-0.39, 0.29) is 6.04 Å². The molecule has 0 rings (SSSR count). The lowest BCUT2D eigenvalue weighted by atomic mass is 10.3. The molecule has 0 aromatic rings. The van der Waals surface area contributed by atoms with Crippen molar-refractivity contribution in [2.45, 2.75) is 70.3 Å². The first-order valence-corrected chi connectivity index (χ1v) is 12.3. The summed E-state index contributed by atoms with van der Waals surface area (Å²) in [5.74, 6) is 0. The lowest BCUT2D eigenvalue weighted by molar-refractivity contribution is -0.131. The normalized spacial score (nSPS) is 20.3. The minimum Gasteiger partial charge on any atom is -0.429 e. The Morgan fingerprint density at radius 3 is 1.83 bits per heavy atom. The second-order valence-electron chi connectivity index (χ2n) is 6.19. The number of halogens is 3. The van der Waals surface area contributed by atoms with Gasteiger partial charge in [0.2, 0.25) is 8.32 Å². The highest BCUT2D eigenvalue weighted by Gasteiger charge is 2.49. The van der Waals surface area contributed by atoms with E-state index in [9.17, 15) is 18.0 Å². The van der Waals surface area contributed by atoms with E-state index in [0.29, 0.717) is 6.42 Å². The maximum atomic E-state index is 12.3. The van der Waals surface area contributed by atoms with Crippen molar-refractivity contribution >= 4 is 16.6 Å². The molecular weight excluding hydrogens is 277 g/mol. The van der Waals surface area contributed by atoms with E-state index in [2.05, 4.69) is 0 Å². The molecular formula is C11H25F3O2Si2. The van der Waals surface area contributed by atoms with Gasteiger partial charge in [-0.15, -0.1) is 0 Å². The second-order valence-corrected chi connectivity index (χ2v) is 14.7. The van der Waals surface area contributed by atoms with Gasteiger partial charge in [0.1, 0.15) is 0 Å². The van der Waals surface area contributed by atoms with E-state index in [1.807, 2.05) is 26.6 Å². The summed E-state index contributed by atoms with van der Waals surface area (Å²) in [5, 5.41) is -0.803. The monoisotopic (exact) mass is 302 g/mol. The summed E-state index contributed by atoms with van der Waals surface area (Å²) in [6.07, 6.45) is -4.62. The maximum Gasteiger partial charge on any atom is 0.388 e. The van der Waals surface area contributed by atoms with Crippen LogP contribution in [-0.2, 0) is 4.43 Å². The second kappa shape index (κ2) is 5.64. The van der Waals surface area contributed by atoms with Crippen LogP contribution >= 0.6 is 0 Å². The molecule has 18 heavy (non-hydrogen) atoms. The first kappa shape index (κ1) is 18.1. The van der Waals surface area contributed by atoms with Crippen molar-refractivity contribution in [1.82, 2.24) is 0 Å². The van der Waals surface area contributed by atoms with E-state index in [1.165, 1.54) is 0 Å². The van der Waals surface area contributed by atoms with Gasteiger partial charge in [-0.1, -0.05) is 6.92 Å². The fraction of sp³-hybridized carbons (Fsp3) is 1.00. The molecule has 0 radical (unpaired) electrons. The zero-order chi connectivity index (χ0) is 14.8. The van der Waals surface area contributed by atoms with Gasteiger partial charge in [-0.3, -0.25) is 0 Å². The summed E-state index contributed by atoms with van der Waals surface area (Å²) >= 11 is 0. The van der Waals surface area contributed by atoms with Crippen molar-refractivity contribution in [3.8, 4) is 0 Å². The lowest BCUT2D eigenvalue weighted by Crippen LogP contribution is -2.60. The van der Waals surface area contributed by atoms with Gasteiger partial charge >= 0.3 is 6.18 Å². The summed E-state index contributed by atoms with van der Waals surface area (Å²) in [6.45, 7) is 11.1. The van der Waals surface area contributed by atoms with E-state index in [4.69, 9.17) is 4.43 Å². The van der Waals surface area contributed by atoms with Crippen molar-refractivity contribution in [1.29, 1.82) is 0 Å². The zero-order valence-corrected chi connectivity index (χ0v) is 14.1. The summed E-state index contributed by atoms with van der Waals surface area (Å²) in [7, 11) is -4.99. The van der Waals surface area contributed by atoms with Crippen molar-refractivity contribution < 1.29 is 22.4 Å². The standard InChI is InChI=1S/C11H25F3O2Si2/c1-7-10(2,16-17(3,4)5)18(6,15)9-8-11(12,13)14/h15H,7-9H2,1-6H3. The van der Waals surface area contributed by atoms with E-state index in [0.717, 1.165) is 0 Å². The molecule has 7 heteroatoms. The maximum absolute atomic E-state index is 12.3. The summed E-state index contributed by atoms with van der Waals surface area (Å²) < 4.78 is 42.9. The molecule has 0 saturated carbocycles. The molecule has 0 aliphatic carbocycles. The Hall–Kier alpha value is 0.144. The quantitative estimate of drug-likeness (QED) is 0.750. The third-order valence-corrected chi connectivity index (χ3v) is 8.47. The fourth-order valence-electron chi connectivity index (χ4n) is 1.89. The third-order valence-electron chi connectivity index (χ3n) is 3.24. The molecule has 0 aliphatic heterocycles. The molecule has 0 aliphatic rings. The van der Waals surface area contributed by atoms with Crippen LogP contribution in [0.15, 0.2) is 0 Å². The molecule has 0 aromatic heterocycles. The summed E-state index contributed by atoms with van der Waals surface area (Å²) in [5.41, 5.74) is 0. The Morgan fingerprint density at radius 1 is 1.11 bits per heavy atom. The number of hydrogen-bond acceptors (Lipinski definition) is 2. The Labute approximate surface area is 110 Å². The Balaban J connectivity index is 4.90. The molecule has 2 nitrogen and oxygen atoms in total. The minimum atomic E-state index is -4.22. The zero-order valence-electron chi connectivity index (χ0n) is 12.1. The summed E-state index contributed by atoms with van der Waals surface area (Å²) in [6, 6.07) is -0.203. The molecule has 0 fully saturated rings. The van der Waals surface area contributed by atoms with E-state index >= 15 is 0 Å². The lowest BCUT2D eigenvalue weighted by Gasteiger charge is -2.44. The average Bonchev–Trinajstić information content (AvgIpc) is 2.11. The molecule has 2 unspecified atom stereocenters. The number of hydrogen-bond donors (Lipinski definition) is 1. The van der Waals surface area contributed by atoms with Crippen molar-refractivity contribution in [3.63, 3.8) is 0 Å². The van der Waals surface area contributed by atoms with Gasteiger partial charge in [-0.2, -0.15) is 13.2 Å². The van der Waals surface area contributed by atoms with Crippen LogP contribution in [0.3, 0.4) is 0 Å². The predicted octanol–water partition coefficient (Wildman–Crippen LogP) is 4.07. The summed E-state index contributed by atoms with van der Waals surface area (Å²) in [4.78, 5) is 10.5. The smallest absolute Gasteiger partial charge is 0.388 e. The van der Waals surface area contributed by atoms with Crippen LogP contribution in [0.25, 0.3) is 0 Å². The highest BCUT2D eigenvalue weighted by molar-refractivity contribution is 6.76. The first-order valence-electron chi connectivity index (χ1n) is 6.22. The van der Waals surface area contributed by atoms with Crippen LogP contribution in [0.4, 0.5) is 13.2 Å². The fourth-order valence-corrected chi connectivity index (χ4v) is 7.24. The Kier molecular flexibility index (Phi) is 5.69. The van der Waals surface area contributed by atoms with Crippen LogP contribution in [0.1, 0.15) is 26.7 Å². The van der Waals surface area contributed by atoms with Crippen LogP contribution in [-0.4, -0.2) is 32.8 Å². The van der Waals surface area contributed by atoms with Gasteiger partial charge in [0.05, 0.1) is 5.22 Å². The molecule has 0 spiro atoms. The number of rotatable bonds is 6. The SMILES string of the molecule is CCC(C)(O[Si](C)(C)C)[Si](C)(O)CCC(F)(F)F. The average molecular weight is 302 g/mol. The molecule has 0 bridgehead atoms. The van der Waals surface area contributed by atoms with Gasteiger partial charge in [0, 0.05) is 6.42 Å². The molecule has 0 heterocycles. The van der Waals surface area contributed by atoms with Crippen LogP contribution in [0.5, 0.6) is 0 Å². The molecule has 0 saturated heterocycles. The van der Waals surface area contributed by atoms with Crippen LogP contribution in [0.2, 0.25) is 32.2 Å². The topological polar surface area (TPSA) is 29.5 Å². The highest BCUT2D eigenvalue weighted by Crippen LogP contribution is 2.35. The van der Waals surface area contributed by atoms with Gasteiger partial charge in [-0.05, 0) is 45.6 Å². The molecule has 1 N–H and O–H groups in total. The van der Waals surface area contributed by atoms with Crippen molar-refractivity contribution in [2.75, 3.05) is 0 Å². The molecule has 0 aromatic carbocycles.